The molecule has 1 N–H and O–H groups in total. The Kier molecular flexibility index (Phi) is 3.29. The van der Waals surface area contributed by atoms with Crippen LogP contribution in [-0.2, 0) is 9.63 Å². The molecule has 1 atom stereocenters. The monoisotopic (exact) mass is 202 g/mol. The fourth-order valence-corrected chi connectivity index (χ4v) is 1.55. The second-order valence-electron chi connectivity index (χ2n) is 3.15. The lowest BCUT2D eigenvalue weighted by Gasteiger charge is -2.24. The average molecular weight is 202 g/mol. The normalized spacial score (nSPS) is 21.0. The average Bonchev–Trinajstić information content (AvgIpc) is 2.63. The molecule has 0 aliphatic carbocycles. The molecule has 1 heterocycles. The van der Waals surface area contributed by atoms with E-state index in [1.807, 2.05) is 0 Å². The van der Waals surface area contributed by atoms with Crippen molar-refractivity contribution >= 4 is 12.0 Å². The van der Waals surface area contributed by atoms with Crippen molar-refractivity contribution in [2.75, 3.05) is 20.7 Å². The summed E-state index contributed by atoms with van der Waals surface area (Å²) in [5, 5.41) is 9.86. The maximum Gasteiger partial charge on any atom is 0.407 e. The second-order valence-corrected chi connectivity index (χ2v) is 3.15. The van der Waals surface area contributed by atoms with Gasteiger partial charge in [-0.3, -0.25) is 14.5 Å². The number of amides is 2. The van der Waals surface area contributed by atoms with Gasteiger partial charge in [0.2, 0.25) is 0 Å². The summed E-state index contributed by atoms with van der Waals surface area (Å²) in [6.07, 6.45) is 0.240. The Morgan fingerprint density at radius 2 is 2.21 bits per heavy atom. The summed E-state index contributed by atoms with van der Waals surface area (Å²) in [4.78, 5) is 28.2. The SMILES string of the molecule is CON(C)C(=O)[C@@H]1CCCN1C(=O)O. The number of nitrogens with zero attached hydrogens (tertiary/aromatic N) is 2. The Labute approximate surface area is 82.0 Å². The van der Waals surface area contributed by atoms with E-state index in [-0.39, 0.29) is 5.91 Å². The first kappa shape index (κ1) is 10.8. The predicted molar refractivity (Wildman–Crippen MR) is 47.5 cm³/mol. The second kappa shape index (κ2) is 4.28. The molecule has 2 amide bonds. The van der Waals surface area contributed by atoms with E-state index >= 15 is 0 Å². The molecule has 0 unspecified atom stereocenters. The van der Waals surface area contributed by atoms with Gasteiger partial charge < -0.3 is 5.11 Å². The van der Waals surface area contributed by atoms with Crippen molar-refractivity contribution in [1.82, 2.24) is 9.96 Å². The van der Waals surface area contributed by atoms with Crippen LogP contribution in [0, 0.1) is 0 Å². The van der Waals surface area contributed by atoms with E-state index in [9.17, 15) is 9.59 Å². The first-order chi connectivity index (χ1) is 6.57. The first-order valence-electron chi connectivity index (χ1n) is 4.39. The zero-order chi connectivity index (χ0) is 10.7. The summed E-state index contributed by atoms with van der Waals surface area (Å²) >= 11 is 0. The fourth-order valence-electron chi connectivity index (χ4n) is 1.55. The van der Waals surface area contributed by atoms with Crippen molar-refractivity contribution < 1.29 is 19.5 Å². The van der Waals surface area contributed by atoms with Crippen LogP contribution < -0.4 is 0 Å². The Hall–Kier alpha value is -1.30. The number of hydrogen-bond acceptors (Lipinski definition) is 3. The molecule has 0 aromatic rings. The molecule has 1 fully saturated rings. The van der Waals surface area contributed by atoms with Gasteiger partial charge in [-0.1, -0.05) is 0 Å². The van der Waals surface area contributed by atoms with Gasteiger partial charge >= 0.3 is 6.09 Å². The van der Waals surface area contributed by atoms with E-state index in [4.69, 9.17) is 9.94 Å². The number of hydroxylamine groups is 2. The molecule has 1 saturated heterocycles. The molecule has 14 heavy (non-hydrogen) atoms. The van der Waals surface area contributed by atoms with Gasteiger partial charge in [0.25, 0.3) is 5.91 Å². The summed E-state index contributed by atoms with van der Waals surface area (Å²) in [6.45, 7) is 0.420. The molecule has 6 heteroatoms. The number of carbonyl (C=O) groups is 2. The highest BCUT2D eigenvalue weighted by atomic mass is 16.7. The van der Waals surface area contributed by atoms with Crippen molar-refractivity contribution in [2.24, 2.45) is 0 Å². The molecular formula is C8H14N2O4. The van der Waals surface area contributed by atoms with Crippen LogP contribution in [0.4, 0.5) is 4.79 Å². The van der Waals surface area contributed by atoms with Gasteiger partial charge in [0, 0.05) is 13.6 Å². The van der Waals surface area contributed by atoms with Crippen LogP contribution in [0.1, 0.15) is 12.8 Å². The van der Waals surface area contributed by atoms with Crippen molar-refractivity contribution in [3.8, 4) is 0 Å². The van der Waals surface area contributed by atoms with Crippen LogP contribution in [0.15, 0.2) is 0 Å². The number of carbonyl (C=O) groups excluding carboxylic acids is 1. The summed E-state index contributed by atoms with van der Waals surface area (Å²) in [5.41, 5.74) is 0. The van der Waals surface area contributed by atoms with Crippen molar-refractivity contribution in [1.29, 1.82) is 0 Å². The lowest BCUT2D eigenvalue weighted by Crippen LogP contribution is -2.45. The van der Waals surface area contributed by atoms with Crippen molar-refractivity contribution in [3.63, 3.8) is 0 Å². The van der Waals surface area contributed by atoms with E-state index in [1.54, 1.807) is 0 Å². The van der Waals surface area contributed by atoms with E-state index in [0.717, 1.165) is 16.4 Å². The van der Waals surface area contributed by atoms with Gasteiger partial charge in [-0.15, -0.1) is 0 Å². The maximum atomic E-state index is 11.6. The highest BCUT2D eigenvalue weighted by Crippen LogP contribution is 2.18. The minimum absolute atomic E-state index is 0.313. The molecule has 0 aromatic heterocycles. The van der Waals surface area contributed by atoms with Crippen LogP contribution in [0.2, 0.25) is 0 Å². The van der Waals surface area contributed by atoms with Gasteiger partial charge in [0.15, 0.2) is 0 Å². The van der Waals surface area contributed by atoms with Gasteiger partial charge in [-0.2, -0.15) is 0 Å². The van der Waals surface area contributed by atoms with Crippen molar-refractivity contribution in [3.05, 3.63) is 0 Å². The summed E-state index contributed by atoms with van der Waals surface area (Å²) in [6, 6.07) is -0.586. The minimum atomic E-state index is -1.05. The third-order valence-corrected chi connectivity index (χ3v) is 2.37. The third kappa shape index (κ3) is 1.95. The van der Waals surface area contributed by atoms with Crippen LogP contribution in [0.5, 0.6) is 0 Å². The first-order valence-corrected chi connectivity index (χ1v) is 4.39. The molecule has 0 aromatic carbocycles. The Bertz CT molecular complexity index is 243. The summed E-state index contributed by atoms with van der Waals surface area (Å²) in [5.74, 6) is -0.313. The van der Waals surface area contributed by atoms with Gasteiger partial charge in [0.05, 0.1) is 7.11 Å². The molecule has 80 valence electrons. The topological polar surface area (TPSA) is 70.1 Å². The van der Waals surface area contributed by atoms with E-state index in [0.29, 0.717) is 13.0 Å². The predicted octanol–water partition coefficient (Wildman–Crippen LogP) is 0.149. The quantitative estimate of drug-likeness (QED) is 0.647. The smallest absolute Gasteiger partial charge is 0.407 e. The number of rotatable bonds is 2. The molecular weight excluding hydrogens is 188 g/mol. The molecule has 0 spiro atoms. The molecule has 0 saturated carbocycles. The minimum Gasteiger partial charge on any atom is -0.465 e. The molecule has 6 nitrogen and oxygen atoms in total. The Morgan fingerprint density at radius 1 is 1.57 bits per heavy atom. The van der Waals surface area contributed by atoms with Crippen LogP contribution in [0.3, 0.4) is 0 Å². The lowest BCUT2D eigenvalue weighted by molar-refractivity contribution is -0.173. The number of hydrogen-bond donors (Lipinski definition) is 1. The van der Waals surface area contributed by atoms with Gasteiger partial charge in [-0.25, -0.2) is 9.86 Å². The van der Waals surface area contributed by atoms with Crippen LogP contribution >= 0.6 is 0 Å². The van der Waals surface area contributed by atoms with Crippen molar-refractivity contribution in [2.45, 2.75) is 18.9 Å². The molecule has 1 aliphatic rings. The molecule has 1 rings (SSSR count). The summed E-state index contributed by atoms with van der Waals surface area (Å²) < 4.78 is 0. The van der Waals surface area contributed by atoms with Gasteiger partial charge in [-0.05, 0) is 12.8 Å². The third-order valence-electron chi connectivity index (χ3n) is 2.37. The Balaban J connectivity index is 2.67. The van der Waals surface area contributed by atoms with E-state index < -0.39 is 12.1 Å². The molecule has 0 bridgehead atoms. The number of likely N-dealkylation sites (tertiary alicyclic amines) is 1. The maximum absolute atomic E-state index is 11.6. The molecule has 1 aliphatic heterocycles. The molecule has 0 radical (unpaired) electrons. The van der Waals surface area contributed by atoms with E-state index in [1.165, 1.54) is 14.2 Å². The number of carboxylic acid groups (broad SMARTS) is 1. The standard InChI is InChI=1S/C8H14N2O4/c1-9(14-2)7(11)6-4-3-5-10(6)8(12)13/h6H,3-5H2,1-2H3,(H,12,13)/t6-/m0/s1. The zero-order valence-electron chi connectivity index (χ0n) is 8.27. The largest absolute Gasteiger partial charge is 0.465 e. The Morgan fingerprint density at radius 3 is 2.71 bits per heavy atom. The van der Waals surface area contributed by atoms with Gasteiger partial charge in [0.1, 0.15) is 6.04 Å². The fraction of sp³-hybridized carbons (Fsp3) is 0.750. The highest BCUT2D eigenvalue weighted by Gasteiger charge is 2.35. The van der Waals surface area contributed by atoms with Crippen LogP contribution in [-0.4, -0.2) is 53.8 Å². The highest BCUT2D eigenvalue weighted by molar-refractivity contribution is 5.84. The van der Waals surface area contributed by atoms with Crippen LogP contribution in [0.25, 0.3) is 0 Å². The summed E-state index contributed by atoms with van der Waals surface area (Å²) in [7, 11) is 2.85. The lowest BCUT2D eigenvalue weighted by atomic mass is 10.2. The zero-order valence-corrected chi connectivity index (χ0v) is 8.27. The number of likely N-dealkylation sites (N-methyl/N-ethyl adjacent to an activating group) is 1. The van der Waals surface area contributed by atoms with E-state index in [2.05, 4.69) is 0 Å².